The van der Waals surface area contributed by atoms with Crippen LogP contribution in [0.1, 0.15) is 5.56 Å². The molecule has 2 aromatic rings. The molecule has 0 amide bonds. The molecule has 0 bridgehead atoms. The SMILES string of the molecule is OC/C(F)=C\c1ccc(-n2cccn2)c(F)c1. The van der Waals surface area contributed by atoms with Gasteiger partial charge < -0.3 is 5.11 Å². The molecule has 88 valence electrons. The summed E-state index contributed by atoms with van der Waals surface area (Å²) < 4.78 is 27.9. The van der Waals surface area contributed by atoms with Gasteiger partial charge in [-0.3, -0.25) is 0 Å². The third kappa shape index (κ3) is 2.57. The van der Waals surface area contributed by atoms with Crippen molar-refractivity contribution in [1.29, 1.82) is 0 Å². The molecule has 0 unspecified atom stereocenters. The average Bonchev–Trinajstić information content (AvgIpc) is 2.82. The zero-order chi connectivity index (χ0) is 12.3. The monoisotopic (exact) mass is 236 g/mol. The van der Waals surface area contributed by atoms with Gasteiger partial charge in [0, 0.05) is 12.4 Å². The number of rotatable bonds is 3. The second kappa shape index (κ2) is 4.88. The van der Waals surface area contributed by atoms with Gasteiger partial charge in [0.25, 0.3) is 0 Å². The summed E-state index contributed by atoms with van der Waals surface area (Å²) in [6.07, 6.45) is 4.23. The van der Waals surface area contributed by atoms with Crippen molar-refractivity contribution in [2.75, 3.05) is 6.61 Å². The van der Waals surface area contributed by atoms with Crippen LogP contribution in [0.5, 0.6) is 0 Å². The third-order valence-electron chi connectivity index (χ3n) is 2.20. The average molecular weight is 236 g/mol. The van der Waals surface area contributed by atoms with Crippen molar-refractivity contribution < 1.29 is 13.9 Å². The van der Waals surface area contributed by atoms with E-state index in [9.17, 15) is 8.78 Å². The van der Waals surface area contributed by atoms with Crippen molar-refractivity contribution in [3.8, 4) is 5.69 Å². The van der Waals surface area contributed by atoms with Crippen LogP contribution in [0, 0.1) is 5.82 Å². The van der Waals surface area contributed by atoms with E-state index in [0.29, 0.717) is 5.56 Å². The highest BCUT2D eigenvalue weighted by Gasteiger charge is 2.05. The molecule has 0 saturated heterocycles. The van der Waals surface area contributed by atoms with Crippen molar-refractivity contribution in [1.82, 2.24) is 9.78 Å². The number of halogens is 2. The van der Waals surface area contributed by atoms with E-state index in [2.05, 4.69) is 5.10 Å². The maximum atomic E-state index is 13.7. The number of benzene rings is 1. The molecule has 0 atom stereocenters. The highest BCUT2D eigenvalue weighted by molar-refractivity contribution is 5.53. The lowest BCUT2D eigenvalue weighted by Crippen LogP contribution is -1.98. The van der Waals surface area contributed by atoms with Gasteiger partial charge in [-0.1, -0.05) is 6.07 Å². The normalized spacial score (nSPS) is 11.8. The maximum absolute atomic E-state index is 13.7. The highest BCUT2D eigenvalue weighted by Crippen LogP contribution is 2.16. The summed E-state index contributed by atoms with van der Waals surface area (Å²) in [7, 11) is 0. The number of hydrogen-bond acceptors (Lipinski definition) is 2. The Labute approximate surface area is 96.6 Å². The van der Waals surface area contributed by atoms with Crippen LogP contribution >= 0.6 is 0 Å². The summed E-state index contributed by atoms with van der Waals surface area (Å²) in [6.45, 7) is -0.692. The first-order valence-corrected chi connectivity index (χ1v) is 4.97. The van der Waals surface area contributed by atoms with Gasteiger partial charge in [0.15, 0.2) is 0 Å². The Morgan fingerprint density at radius 1 is 1.47 bits per heavy atom. The molecule has 1 aromatic carbocycles. The van der Waals surface area contributed by atoms with E-state index in [0.717, 1.165) is 6.08 Å². The molecule has 0 aliphatic heterocycles. The minimum Gasteiger partial charge on any atom is -0.389 e. The van der Waals surface area contributed by atoms with Gasteiger partial charge in [0.2, 0.25) is 0 Å². The van der Waals surface area contributed by atoms with Crippen LogP contribution in [0.25, 0.3) is 11.8 Å². The molecule has 17 heavy (non-hydrogen) atoms. The van der Waals surface area contributed by atoms with Crippen LogP contribution in [-0.2, 0) is 0 Å². The van der Waals surface area contributed by atoms with Crippen molar-refractivity contribution in [2.24, 2.45) is 0 Å². The number of aromatic nitrogens is 2. The Hall–Kier alpha value is -2.01. The molecule has 3 nitrogen and oxygen atoms in total. The molecular weight excluding hydrogens is 226 g/mol. The van der Waals surface area contributed by atoms with Gasteiger partial charge in [0.1, 0.15) is 17.3 Å². The number of aliphatic hydroxyl groups is 1. The Balaban J connectivity index is 2.36. The third-order valence-corrected chi connectivity index (χ3v) is 2.20. The summed E-state index contributed by atoms with van der Waals surface area (Å²) in [5.41, 5.74) is 0.640. The first-order valence-electron chi connectivity index (χ1n) is 4.97. The number of hydrogen-bond donors (Lipinski definition) is 1. The van der Waals surface area contributed by atoms with Crippen LogP contribution in [0.2, 0.25) is 0 Å². The maximum Gasteiger partial charge on any atom is 0.149 e. The second-order valence-electron chi connectivity index (χ2n) is 3.41. The topological polar surface area (TPSA) is 38.0 Å². The van der Waals surface area contributed by atoms with E-state index in [1.165, 1.54) is 16.8 Å². The van der Waals surface area contributed by atoms with Crippen LogP contribution in [-0.4, -0.2) is 21.5 Å². The first-order chi connectivity index (χ1) is 8.20. The fourth-order valence-corrected chi connectivity index (χ4v) is 1.44. The molecule has 2 rings (SSSR count). The summed E-state index contributed by atoms with van der Waals surface area (Å²) in [5, 5.41) is 12.4. The summed E-state index contributed by atoms with van der Waals surface area (Å²) >= 11 is 0. The molecule has 0 spiro atoms. The van der Waals surface area contributed by atoms with E-state index in [1.54, 1.807) is 24.5 Å². The summed E-state index contributed by atoms with van der Waals surface area (Å²) in [6, 6.07) is 5.92. The van der Waals surface area contributed by atoms with Gasteiger partial charge >= 0.3 is 0 Å². The molecule has 0 radical (unpaired) electrons. The zero-order valence-electron chi connectivity index (χ0n) is 8.85. The summed E-state index contributed by atoms with van der Waals surface area (Å²) in [4.78, 5) is 0. The van der Waals surface area contributed by atoms with Crippen LogP contribution in [0.3, 0.4) is 0 Å². The van der Waals surface area contributed by atoms with Crippen LogP contribution in [0.15, 0.2) is 42.5 Å². The quantitative estimate of drug-likeness (QED) is 0.888. The molecule has 1 aromatic heterocycles. The molecule has 0 aliphatic carbocycles. The largest absolute Gasteiger partial charge is 0.389 e. The van der Waals surface area contributed by atoms with Gasteiger partial charge in [-0.2, -0.15) is 5.10 Å². The molecule has 0 fully saturated rings. The molecule has 0 saturated carbocycles. The van der Waals surface area contributed by atoms with Crippen molar-refractivity contribution >= 4 is 6.08 Å². The molecule has 5 heteroatoms. The van der Waals surface area contributed by atoms with E-state index < -0.39 is 18.3 Å². The van der Waals surface area contributed by atoms with Crippen LogP contribution in [0.4, 0.5) is 8.78 Å². The standard InChI is InChI=1S/C12H10F2N2O/c13-10(8-17)6-9-2-3-12(11(14)7-9)16-5-1-4-15-16/h1-7,17H,8H2/b10-6+. The number of aliphatic hydroxyl groups excluding tert-OH is 1. The minimum absolute atomic E-state index is 0.288. The smallest absolute Gasteiger partial charge is 0.149 e. The first kappa shape index (κ1) is 11.5. The minimum atomic E-state index is -0.712. The van der Waals surface area contributed by atoms with E-state index in [4.69, 9.17) is 5.11 Å². The molecule has 1 heterocycles. The van der Waals surface area contributed by atoms with Crippen molar-refractivity contribution in [2.45, 2.75) is 0 Å². The lowest BCUT2D eigenvalue weighted by atomic mass is 10.2. The summed E-state index contributed by atoms with van der Waals surface area (Å²) in [5.74, 6) is -1.22. The molecule has 1 N–H and O–H groups in total. The van der Waals surface area contributed by atoms with Gasteiger partial charge in [-0.05, 0) is 29.8 Å². The van der Waals surface area contributed by atoms with E-state index in [1.807, 2.05) is 0 Å². The predicted octanol–water partition coefficient (Wildman–Crippen LogP) is 2.31. The van der Waals surface area contributed by atoms with E-state index >= 15 is 0 Å². The van der Waals surface area contributed by atoms with Gasteiger partial charge in [0.05, 0.1) is 6.61 Å². The van der Waals surface area contributed by atoms with E-state index in [-0.39, 0.29) is 5.69 Å². The zero-order valence-corrected chi connectivity index (χ0v) is 8.85. The van der Waals surface area contributed by atoms with Crippen molar-refractivity contribution in [3.05, 3.63) is 53.9 Å². The Bertz CT molecular complexity index is 535. The molecule has 0 aliphatic rings. The van der Waals surface area contributed by atoms with Crippen molar-refractivity contribution in [3.63, 3.8) is 0 Å². The second-order valence-corrected chi connectivity index (χ2v) is 3.41. The number of nitrogens with zero attached hydrogens (tertiary/aromatic N) is 2. The van der Waals surface area contributed by atoms with Gasteiger partial charge in [-0.15, -0.1) is 0 Å². The lowest BCUT2D eigenvalue weighted by molar-refractivity contribution is 0.300. The van der Waals surface area contributed by atoms with Crippen LogP contribution < -0.4 is 0 Å². The Morgan fingerprint density at radius 2 is 2.29 bits per heavy atom. The Kier molecular flexibility index (Phi) is 3.30. The molecular formula is C12H10F2N2O. The highest BCUT2D eigenvalue weighted by atomic mass is 19.1. The predicted molar refractivity (Wildman–Crippen MR) is 59.7 cm³/mol. The van der Waals surface area contributed by atoms with Gasteiger partial charge in [-0.25, -0.2) is 13.5 Å². The Morgan fingerprint density at radius 3 is 2.88 bits per heavy atom. The lowest BCUT2D eigenvalue weighted by Gasteiger charge is -2.04. The fraction of sp³-hybridized carbons (Fsp3) is 0.0833. The fourth-order valence-electron chi connectivity index (χ4n) is 1.44.